The minimum Gasteiger partial charge on any atom is -0.507 e. The quantitative estimate of drug-likeness (QED) is 0.235. The van der Waals surface area contributed by atoms with Crippen LogP contribution in [0.2, 0.25) is 0 Å². The van der Waals surface area contributed by atoms with Crippen molar-refractivity contribution >= 4 is 23.1 Å². The summed E-state index contributed by atoms with van der Waals surface area (Å²) in [6, 6.07) is 21.6. The molecule has 0 spiro atoms. The molecule has 2 heterocycles. The summed E-state index contributed by atoms with van der Waals surface area (Å²) in [5.74, 6) is -0.637. The van der Waals surface area contributed by atoms with Gasteiger partial charge in [-0.15, -0.1) is 0 Å². The Morgan fingerprint density at radius 3 is 2.28 bits per heavy atom. The van der Waals surface area contributed by atoms with Crippen molar-refractivity contribution in [2.24, 2.45) is 0 Å². The molecule has 1 N–H and O–H groups in total. The van der Waals surface area contributed by atoms with E-state index in [0.717, 1.165) is 5.56 Å². The van der Waals surface area contributed by atoms with Crippen molar-refractivity contribution in [3.8, 4) is 22.8 Å². The van der Waals surface area contributed by atoms with Gasteiger partial charge in [-0.25, -0.2) is 0 Å². The van der Waals surface area contributed by atoms with Gasteiger partial charge in [0.2, 0.25) is 0 Å². The van der Waals surface area contributed by atoms with E-state index in [9.17, 15) is 14.7 Å². The van der Waals surface area contributed by atoms with Gasteiger partial charge < -0.3 is 19.1 Å². The molecule has 1 aliphatic rings. The number of anilines is 1. The second kappa shape index (κ2) is 9.42. The fourth-order valence-electron chi connectivity index (χ4n) is 4.28. The summed E-state index contributed by atoms with van der Waals surface area (Å²) < 4.78 is 15.5. The number of aliphatic hydroxyl groups excluding tert-OH is 1. The number of ether oxygens (including phenoxy) is 2. The van der Waals surface area contributed by atoms with Gasteiger partial charge in [-0.05, 0) is 54.1 Å². The predicted octanol–water partition coefficient (Wildman–Crippen LogP) is 4.99. The minimum absolute atomic E-state index is 0.0148. The van der Waals surface area contributed by atoms with Crippen molar-refractivity contribution in [2.45, 2.75) is 6.04 Å². The van der Waals surface area contributed by atoms with Crippen LogP contribution in [0.3, 0.4) is 0 Å². The third-order valence-corrected chi connectivity index (χ3v) is 6.10. The Morgan fingerprint density at radius 1 is 0.917 bits per heavy atom. The van der Waals surface area contributed by atoms with E-state index in [2.05, 4.69) is 5.16 Å². The number of Topliss-reactive ketones (excluding diaryl/α,β-unsaturated/α-hetero) is 1. The van der Waals surface area contributed by atoms with Gasteiger partial charge in [-0.2, -0.15) is 0 Å². The summed E-state index contributed by atoms with van der Waals surface area (Å²) in [6.07, 6.45) is 1.48. The topological polar surface area (TPSA) is 102 Å². The molecule has 1 amide bonds. The molecule has 1 aromatic heterocycles. The molecule has 180 valence electrons. The largest absolute Gasteiger partial charge is 0.507 e. The first kappa shape index (κ1) is 22.9. The SMILES string of the molecule is COc1ccc(C(O)=C2C(=O)C(=O)N(c3ccc(-c4ccon4)cc3)C2c2cccc(OC)c2)cc1. The molecule has 5 rings (SSSR count). The summed E-state index contributed by atoms with van der Waals surface area (Å²) in [4.78, 5) is 28.1. The Hall–Kier alpha value is -4.85. The molecule has 8 heteroatoms. The van der Waals surface area contributed by atoms with Crippen molar-refractivity contribution in [1.82, 2.24) is 5.16 Å². The number of ketones is 1. The average Bonchev–Trinajstić information content (AvgIpc) is 3.56. The van der Waals surface area contributed by atoms with Crippen LogP contribution in [0, 0.1) is 0 Å². The maximum atomic E-state index is 13.4. The summed E-state index contributed by atoms with van der Waals surface area (Å²) in [5, 5.41) is 15.2. The van der Waals surface area contributed by atoms with Crippen molar-refractivity contribution in [3.63, 3.8) is 0 Å². The lowest BCUT2D eigenvalue weighted by Gasteiger charge is -2.26. The summed E-state index contributed by atoms with van der Waals surface area (Å²) in [7, 11) is 3.08. The van der Waals surface area contributed by atoms with E-state index in [-0.39, 0.29) is 11.3 Å². The third-order valence-electron chi connectivity index (χ3n) is 6.10. The zero-order valence-electron chi connectivity index (χ0n) is 19.5. The Balaban J connectivity index is 1.65. The van der Waals surface area contributed by atoms with Crippen LogP contribution in [0.25, 0.3) is 17.0 Å². The number of aliphatic hydroxyl groups is 1. The average molecular weight is 482 g/mol. The second-order valence-electron chi connectivity index (χ2n) is 8.11. The Morgan fingerprint density at radius 2 is 1.64 bits per heavy atom. The highest BCUT2D eigenvalue weighted by molar-refractivity contribution is 6.51. The monoisotopic (exact) mass is 482 g/mol. The highest BCUT2D eigenvalue weighted by Gasteiger charge is 2.47. The number of hydrogen-bond acceptors (Lipinski definition) is 7. The number of methoxy groups -OCH3 is 2. The minimum atomic E-state index is -0.875. The summed E-state index contributed by atoms with van der Waals surface area (Å²) in [6.45, 7) is 0. The lowest BCUT2D eigenvalue weighted by molar-refractivity contribution is -0.132. The smallest absolute Gasteiger partial charge is 0.300 e. The molecule has 0 saturated carbocycles. The molecule has 1 atom stereocenters. The van der Waals surface area contributed by atoms with Crippen LogP contribution < -0.4 is 14.4 Å². The van der Waals surface area contributed by atoms with Crippen molar-refractivity contribution in [1.29, 1.82) is 0 Å². The first-order valence-corrected chi connectivity index (χ1v) is 11.1. The zero-order valence-corrected chi connectivity index (χ0v) is 19.5. The van der Waals surface area contributed by atoms with E-state index in [1.165, 1.54) is 25.4 Å². The van der Waals surface area contributed by atoms with Crippen LogP contribution in [-0.2, 0) is 9.59 Å². The number of hydrogen-bond donors (Lipinski definition) is 1. The lowest BCUT2D eigenvalue weighted by atomic mass is 9.95. The van der Waals surface area contributed by atoms with Crippen LogP contribution in [0.1, 0.15) is 17.2 Å². The normalized spacial score (nSPS) is 16.8. The number of amides is 1. The van der Waals surface area contributed by atoms with E-state index in [4.69, 9.17) is 14.0 Å². The second-order valence-corrected chi connectivity index (χ2v) is 8.11. The number of carbonyl (C=O) groups is 2. The Kier molecular flexibility index (Phi) is 6.00. The molecular weight excluding hydrogens is 460 g/mol. The van der Waals surface area contributed by atoms with Gasteiger partial charge in [-0.1, -0.05) is 29.4 Å². The van der Waals surface area contributed by atoms with Crippen molar-refractivity contribution in [3.05, 3.63) is 102 Å². The lowest BCUT2D eigenvalue weighted by Crippen LogP contribution is -2.29. The van der Waals surface area contributed by atoms with Gasteiger partial charge >= 0.3 is 0 Å². The molecule has 1 aliphatic heterocycles. The highest BCUT2D eigenvalue weighted by Crippen LogP contribution is 2.43. The van der Waals surface area contributed by atoms with Gasteiger partial charge in [-0.3, -0.25) is 14.5 Å². The molecule has 1 saturated heterocycles. The molecular formula is C28H22N2O6. The van der Waals surface area contributed by atoms with Gasteiger partial charge in [0, 0.05) is 22.9 Å². The molecule has 36 heavy (non-hydrogen) atoms. The number of nitrogens with zero attached hydrogens (tertiary/aromatic N) is 2. The number of rotatable bonds is 6. The summed E-state index contributed by atoms with van der Waals surface area (Å²) in [5.41, 5.74) is 2.92. The van der Waals surface area contributed by atoms with Crippen molar-refractivity contribution in [2.75, 3.05) is 19.1 Å². The number of aromatic nitrogens is 1. The first-order valence-electron chi connectivity index (χ1n) is 11.1. The number of benzene rings is 3. The predicted molar refractivity (Wildman–Crippen MR) is 133 cm³/mol. The van der Waals surface area contributed by atoms with Crippen molar-refractivity contribution < 1.29 is 28.7 Å². The zero-order chi connectivity index (χ0) is 25.2. The van der Waals surface area contributed by atoms with Crippen LogP contribution in [-0.4, -0.2) is 36.2 Å². The Bertz CT molecular complexity index is 1440. The van der Waals surface area contributed by atoms with E-state index in [0.29, 0.717) is 34.0 Å². The molecule has 0 bridgehead atoms. The van der Waals surface area contributed by atoms with E-state index >= 15 is 0 Å². The van der Waals surface area contributed by atoms with Gasteiger partial charge in [0.1, 0.15) is 29.2 Å². The van der Waals surface area contributed by atoms with Gasteiger partial charge in [0.05, 0.1) is 25.8 Å². The fourth-order valence-corrected chi connectivity index (χ4v) is 4.28. The molecule has 0 aliphatic carbocycles. The first-order chi connectivity index (χ1) is 17.5. The van der Waals surface area contributed by atoms with Crippen LogP contribution >= 0.6 is 0 Å². The fraction of sp³-hybridized carbons (Fsp3) is 0.107. The molecule has 1 unspecified atom stereocenters. The molecule has 4 aromatic rings. The number of carbonyl (C=O) groups excluding carboxylic acids is 2. The van der Waals surface area contributed by atoms with Crippen LogP contribution in [0.4, 0.5) is 5.69 Å². The standard InChI is InChI=1S/C28H22N2O6/c1-34-21-12-8-18(9-13-21)26(31)24-25(19-4-3-5-22(16-19)35-2)30(28(33)27(24)32)20-10-6-17(7-11-20)23-14-15-36-29-23/h3-16,25,31H,1-2H3. The van der Waals surface area contributed by atoms with Gasteiger partial charge in [0.25, 0.3) is 11.7 Å². The summed E-state index contributed by atoms with van der Waals surface area (Å²) >= 11 is 0. The molecule has 0 radical (unpaired) electrons. The maximum Gasteiger partial charge on any atom is 0.300 e. The molecule has 3 aromatic carbocycles. The van der Waals surface area contributed by atoms with Crippen LogP contribution in [0.5, 0.6) is 11.5 Å². The van der Waals surface area contributed by atoms with E-state index < -0.39 is 17.7 Å². The van der Waals surface area contributed by atoms with E-state index in [1.54, 1.807) is 78.9 Å². The third kappa shape index (κ3) is 3.98. The van der Waals surface area contributed by atoms with E-state index in [1.807, 2.05) is 0 Å². The van der Waals surface area contributed by atoms with Gasteiger partial charge in [0.15, 0.2) is 0 Å². The Labute approximate surface area is 207 Å². The molecule has 8 nitrogen and oxygen atoms in total. The maximum absolute atomic E-state index is 13.4. The van der Waals surface area contributed by atoms with Crippen LogP contribution in [0.15, 0.2) is 95.2 Å². The molecule has 1 fully saturated rings. The highest BCUT2D eigenvalue weighted by atomic mass is 16.5.